The molecule has 1 aliphatic heterocycles. The maximum Gasteiger partial charge on any atom is 0.288 e. The van der Waals surface area contributed by atoms with Crippen molar-refractivity contribution >= 4 is 11.6 Å². The summed E-state index contributed by atoms with van der Waals surface area (Å²) < 4.78 is 12.2. The van der Waals surface area contributed by atoms with E-state index < -0.39 is 11.6 Å². The average molecular weight is 419 g/mol. The molecule has 2 aromatic heterocycles. The fourth-order valence-electron chi connectivity index (χ4n) is 3.70. The van der Waals surface area contributed by atoms with Crippen LogP contribution in [0.3, 0.4) is 0 Å². The van der Waals surface area contributed by atoms with E-state index >= 15 is 0 Å². The molecule has 11 nitrogen and oxygen atoms in total. The fraction of sp³-hybridized carbons (Fsp3) is 0.150. The molecule has 0 radical (unpaired) electrons. The number of phenols is 1. The van der Waals surface area contributed by atoms with Gasteiger partial charge in [0, 0.05) is 11.1 Å². The topological polar surface area (TPSA) is 140 Å². The first-order chi connectivity index (χ1) is 15.1. The van der Waals surface area contributed by atoms with Crippen LogP contribution < -0.4 is 20.3 Å². The minimum Gasteiger partial charge on any atom is -0.504 e. The quantitative estimate of drug-likeness (QED) is 0.398. The summed E-state index contributed by atoms with van der Waals surface area (Å²) in [7, 11) is 3.04. The Hall–Kier alpha value is -4.41. The van der Waals surface area contributed by atoms with Gasteiger partial charge in [-0.3, -0.25) is 4.79 Å². The van der Waals surface area contributed by atoms with Gasteiger partial charge < -0.3 is 19.9 Å². The fourth-order valence-corrected chi connectivity index (χ4v) is 3.70. The van der Waals surface area contributed by atoms with Crippen molar-refractivity contribution in [2.75, 3.05) is 19.5 Å². The lowest BCUT2D eigenvalue weighted by atomic mass is 9.92. The monoisotopic (exact) mass is 419 g/mol. The van der Waals surface area contributed by atoms with Gasteiger partial charge in [0.1, 0.15) is 17.5 Å². The van der Waals surface area contributed by atoms with Crippen LogP contribution in [0, 0.1) is 0 Å². The van der Waals surface area contributed by atoms with Crippen LogP contribution in [-0.4, -0.2) is 49.7 Å². The summed E-state index contributed by atoms with van der Waals surface area (Å²) in [6, 6.07) is 11.7. The number of hydrogen-bond acceptors (Lipinski definition) is 9. The average Bonchev–Trinajstić information content (AvgIpc) is 3.27. The summed E-state index contributed by atoms with van der Waals surface area (Å²) in [6.45, 7) is 0. The number of H-pyrrole nitrogens is 1. The van der Waals surface area contributed by atoms with E-state index in [0.29, 0.717) is 28.5 Å². The predicted molar refractivity (Wildman–Crippen MR) is 110 cm³/mol. The second-order valence-electron chi connectivity index (χ2n) is 6.83. The van der Waals surface area contributed by atoms with Crippen molar-refractivity contribution < 1.29 is 14.6 Å². The summed E-state index contributed by atoms with van der Waals surface area (Å²) in [5.74, 6) is 1.23. The zero-order valence-corrected chi connectivity index (χ0v) is 16.5. The molecule has 0 saturated heterocycles. The highest BCUT2D eigenvalue weighted by atomic mass is 16.5. The van der Waals surface area contributed by atoms with Crippen LogP contribution in [0.1, 0.15) is 17.2 Å². The van der Waals surface area contributed by atoms with Crippen molar-refractivity contribution in [3.05, 3.63) is 63.9 Å². The zero-order valence-electron chi connectivity index (χ0n) is 16.5. The van der Waals surface area contributed by atoms with Gasteiger partial charge in [0.2, 0.25) is 5.95 Å². The number of aromatic hydroxyl groups is 1. The van der Waals surface area contributed by atoms with Crippen molar-refractivity contribution in [3.63, 3.8) is 0 Å². The molecule has 1 atom stereocenters. The van der Waals surface area contributed by atoms with E-state index in [2.05, 4.69) is 31.0 Å². The molecule has 0 bridgehead atoms. The highest BCUT2D eigenvalue weighted by Crippen LogP contribution is 2.43. The Morgan fingerprint density at radius 2 is 2.00 bits per heavy atom. The number of nitrogens with one attached hydrogen (secondary N) is 2. The van der Waals surface area contributed by atoms with Crippen LogP contribution in [0.2, 0.25) is 0 Å². The summed E-state index contributed by atoms with van der Waals surface area (Å²) in [5.41, 5.74) is 2.41. The Morgan fingerprint density at radius 1 is 1.13 bits per heavy atom. The first-order valence-electron chi connectivity index (χ1n) is 9.29. The molecule has 0 aliphatic carbocycles. The lowest BCUT2D eigenvalue weighted by Crippen LogP contribution is -2.29. The molecule has 5 rings (SSSR count). The van der Waals surface area contributed by atoms with E-state index in [1.165, 1.54) is 13.2 Å². The minimum atomic E-state index is -0.605. The maximum atomic E-state index is 12.7. The minimum absolute atomic E-state index is 0.00519. The molecular formula is C20H17N7O4. The molecule has 1 unspecified atom stereocenters. The van der Waals surface area contributed by atoms with Crippen LogP contribution in [0.5, 0.6) is 17.2 Å². The number of tetrazole rings is 1. The van der Waals surface area contributed by atoms with Crippen molar-refractivity contribution in [1.29, 1.82) is 0 Å². The number of anilines is 2. The molecule has 0 fully saturated rings. The number of ether oxygens (including phenoxy) is 2. The van der Waals surface area contributed by atoms with Crippen LogP contribution in [0.25, 0.3) is 11.3 Å². The Morgan fingerprint density at radius 3 is 2.81 bits per heavy atom. The van der Waals surface area contributed by atoms with Gasteiger partial charge in [-0.2, -0.15) is 9.78 Å². The number of aromatic amines is 1. The maximum absolute atomic E-state index is 12.7. The molecule has 156 valence electrons. The molecule has 4 aromatic rings. The summed E-state index contributed by atoms with van der Waals surface area (Å²) in [5, 5.41) is 31.8. The van der Waals surface area contributed by atoms with Gasteiger partial charge in [0.25, 0.3) is 5.56 Å². The molecule has 0 spiro atoms. The van der Waals surface area contributed by atoms with Gasteiger partial charge in [0.05, 0.1) is 19.9 Å². The van der Waals surface area contributed by atoms with E-state index in [4.69, 9.17) is 9.47 Å². The van der Waals surface area contributed by atoms with Gasteiger partial charge in [-0.25, -0.2) is 5.10 Å². The third-order valence-corrected chi connectivity index (χ3v) is 5.13. The van der Waals surface area contributed by atoms with Crippen molar-refractivity contribution in [3.8, 4) is 28.5 Å². The highest BCUT2D eigenvalue weighted by molar-refractivity contribution is 5.76. The second-order valence-corrected chi connectivity index (χ2v) is 6.83. The Balaban J connectivity index is 1.80. The molecule has 3 heterocycles. The number of nitrogens with zero attached hydrogens (tertiary/aromatic N) is 5. The largest absolute Gasteiger partial charge is 0.504 e. The third kappa shape index (κ3) is 2.94. The van der Waals surface area contributed by atoms with E-state index in [1.54, 1.807) is 23.9 Å². The molecule has 0 saturated carbocycles. The molecule has 2 aromatic carbocycles. The number of rotatable bonds is 4. The first-order valence-corrected chi connectivity index (χ1v) is 9.29. The summed E-state index contributed by atoms with van der Waals surface area (Å²) >= 11 is 0. The van der Waals surface area contributed by atoms with Gasteiger partial charge in [0.15, 0.2) is 11.5 Å². The molecular weight excluding hydrogens is 402 g/mol. The van der Waals surface area contributed by atoms with Gasteiger partial charge in [-0.05, 0) is 40.3 Å². The highest BCUT2D eigenvalue weighted by Gasteiger charge is 2.34. The second kappa shape index (κ2) is 7.13. The van der Waals surface area contributed by atoms with E-state index in [0.717, 1.165) is 5.56 Å². The first kappa shape index (κ1) is 18.6. The van der Waals surface area contributed by atoms with Crippen LogP contribution in [-0.2, 0) is 0 Å². The third-order valence-electron chi connectivity index (χ3n) is 5.13. The van der Waals surface area contributed by atoms with Gasteiger partial charge >= 0.3 is 0 Å². The molecule has 1 aliphatic rings. The molecule has 0 amide bonds. The zero-order chi connectivity index (χ0) is 21.5. The van der Waals surface area contributed by atoms with Crippen molar-refractivity contribution in [2.45, 2.75) is 6.04 Å². The number of fused-ring (bicyclic) bond motifs is 2. The number of benzene rings is 2. The number of hydrogen-bond donors (Lipinski definition) is 3. The van der Waals surface area contributed by atoms with Crippen LogP contribution in [0.15, 0.2) is 47.3 Å². The summed E-state index contributed by atoms with van der Waals surface area (Å²) in [6.07, 6.45) is 0. The Labute approximate surface area is 175 Å². The lowest BCUT2D eigenvalue weighted by Gasteiger charge is -2.28. The van der Waals surface area contributed by atoms with Gasteiger partial charge in [-0.1, -0.05) is 23.3 Å². The number of methoxy groups -OCH3 is 2. The Kier molecular flexibility index (Phi) is 4.28. The SMILES string of the molecule is COc1cccc(-c2n[nH]c(=O)c3c2C(c2ccc(O)c(OC)c2)n2nnnc2N3)c1. The van der Waals surface area contributed by atoms with Gasteiger partial charge in [-0.15, -0.1) is 0 Å². The van der Waals surface area contributed by atoms with E-state index in [-0.39, 0.29) is 17.2 Å². The molecule has 11 heteroatoms. The Bertz CT molecular complexity index is 1350. The standard InChI is InChI=1S/C20H17N7O4/c1-30-12-5-3-4-10(8-12)16-15-17(19(29)23-22-16)21-20-24-25-26-27(20)18(15)11-6-7-13(28)14(9-11)31-2/h3-9,18,28H,1-2H3,(H,23,29)(H,21,24,26). The molecule has 3 N–H and O–H groups in total. The van der Waals surface area contributed by atoms with Crippen LogP contribution in [0.4, 0.5) is 11.6 Å². The summed E-state index contributed by atoms with van der Waals surface area (Å²) in [4.78, 5) is 12.7. The van der Waals surface area contributed by atoms with Crippen LogP contribution >= 0.6 is 0 Å². The van der Waals surface area contributed by atoms with Crippen molar-refractivity contribution in [2.24, 2.45) is 0 Å². The predicted octanol–water partition coefficient (Wildman–Crippen LogP) is 1.84. The smallest absolute Gasteiger partial charge is 0.288 e. The number of aromatic nitrogens is 6. The normalized spacial score (nSPS) is 14.3. The van der Waals surface area contributed by atoms with E-state index in [9.17, 15) is 9.90 Å². The molecule has 31 heavy (non-hydrogen) atoms. The number of phenolic OH excluding ortho intramolecular Hbond substituents is 1. The van der Waals surface area contributed by atoms with Crippen molar-refractivity contribution in [1.82, 2.24) is 30.4 Å². The van der Waals surface area contributed by atoms with E-state index in [1.807, 2.05) is 24.3 Å². The lowest BCUT2D eigenvalue weighted by molar-refractivity contribution is 0.372.